The molecule has 1 fully saturated rings. The molecule has 0 aromatic heterocycles. The molecule has 5 nitrogen and oxygen atoms in total. The summed E-state index contributed by atoms with van der Waals surface area (Å²) in [5, 5.41) is 18.1. The maximum Gasteiger partial charge on any atom is 0.346 e. The largest absolute Gasteiger partial charge is 0.513 e. The van der Waals surface area contributed by atoms with Gasteiger partial charge in [0.05, 0.1) is 12.2 Å². The minimum Gasteiger partial charge on any atom is -0.513 e. The molecule has 0 radical (unpaired) electrons. The Morgan fingerprint density at radius 3 is 2.58 bits per heavy atom. The molecule has 1 heterocycles. The quantitative estimate of drug-likeness (QED) is 0.338. The first kappa shape index (κ1) is 8.73. The highest BCUT2D eigenvalue weighted by Crippen LogP contribution is 2.26. The van der Waals surface area contributed by atoms with E-state index in [-0.39, 0.29) is 12.2 Å². The summed E-state index contributed by atoms with van der Waals surface area (Å²) in [4.78, 5) is 21.3. The van der Waals surface area contributed by atoms with Gasteiger partial charge in [-0.3, -0.25) is 4.79 Å². The third-order valence-corrected chi connectivity index (χ3v) is 1.52. The van der Waals surface area contributed by atoms with Gasteiger partial charge in [-0.25, -0.2) is 4.79 Å². The maximum atomic E-state index is 10.8. The number of hydrogen-bond acceptors (Lipinski definition) is 5. The van der Waals surface area contributed by atoms with E-state index in [9.17, 15) is 14.7 Å². The second kappa shape index (κ2) is 2.60. The van der Waals surface area contributed by atoms with Crippen molar-refractivity contribution in [2.75, 3.05) is 0 Å². The van der Waals surface area contributed by atoms with Gasteiger partial charge in [-0.1, -0.05) is 6.58 Å². The molecule has 1 atom stereocenters. The molecule has 12 heavy (non-hydrogen) atoms. The minimum atomic E-state index is -1.91. The molecule has 1 unspecified atom stereocenters. The Bertz CT molecular complexity index is 257. The standard InChI is InChI=1S/C7H8O5/c1-4(8)2-7(11)3-5(9)12-6(7)10/h8,11H,1-3H2. The fourth-order valence-corrected chi connectivity index (χ4v) is 1.02. The predicted octanol–water partition coefficient (Wildman–Crippen LogP) is -0.347. The fraction of sp³-hybridized carbons (Fsp3) is 0.429. The molecule has 1 rings (SSSR count). The van der Waals surface area contributed by atoms with Gasteiger partial charge in [-0.15, -0.1) is 0 Å². The van der Waals surface area contributed by atoms with Crippen LogP contribution in [-0.2, 0) is 14.3 Å². The highest BCUT2D eigenvalue weighted by Gasteiger charge is 2.48. The first-order chi connectivity index (χ1) is 5.44. The average molecular weight is 172 g/mol. The zero-order valence-electron chi connectivity index (χ0n) is 6.24. The number of carbonyl (C=O) groups is 2. The van der Waals surface area contributed by atoms with Gasteiger partial charge in [-0.2, -0.15) is 0 Å². The molecule has 0 aromatic rings. The number of rotatable bonds is 2. The first-order valence-electron chi connectivity index (χ1n) is 3.28. The van der Waals surface area contributed by atoms with Crippen molar-refractivity contribution < 1.29 is 24.5 Å². The summed E-state index contributed by atoms with van der Waals surface area (Å²) in [6.45, 7) is 3.10. The van der Waals surface area contributed by atoms with Gasteiger partial charge in [0.1, 0.15) is 0 Å². The molecule has 5 heteroatoms. The van der Waals surface area contributed by atoms with E-state index in [1.165, 1.54) is 0 Å². The first-order valence-corrected chi connectivity index (χ1v) is 3.28. The van der Waals surface area contributed by atoms with Crippen LogP contribution >= 0.6 is 0 Å². The molecule has 0 aliphatic carbocycles. The smallest absolute Gasteiger partial charge is 0.346 e. The molecule has 1 saturated heterocycles. The molecule has 1 aliphatic heterocycles. The summed E-state index contributed by atoms with van der Waals surface area (Å²) >= 11 is 0. The van der Waals surface area contributed by atoms with Crippen LogP contribution in [0.5, 0.6) is 0 Å². The highest BCUT2D eigenvalue weighted by molar-refractivity contribution is 5.99. The summed E-state index contributed by atoms with van der Waals surface area (Å²) in [7, 11) is 0. The van der Waals surface area contributed by atoms with Gasteiger partial charge in [0.25, 0.3) is 0 Å². The molecule has 0 aromatic carbocycles. The number of carbonyl (C=O) groups excluding carboxylic acids is 2. The van der Waals surface area contributed by atoms with Crippen molar-refractivity contribution in [3.63, 3.8) is 0 Å². The van der Waals surface area contributed by atoms with Gasteiger partial charge in [-0.05, 0) is 0 Å². The van der Waals surface area contributed by atoms with E-state index in [1.807, 2.05) is 0 Å². The van der Waals surface area contributed by atoms with Crippen molar-refractivity contribution in [3.05, 3.63) is 12.3 Å². The number of aliphatic hydroxyl groups is 2. The van der Waals surface area contributed by atoms with Crippen molar-refractivity contribution in [1.82, 2.24) is 0 Å². The van der Waals surface area contributed by atoms with Crippen molar-refractivity contribution in [3.8, 4) is 0 Å². The van der Waals surface area contributed by atoms with Gasteiger partial charge in [0.2, 0.25) is 0 Å². The van der Waals surface area contributed by atoms with Crippen LogP contribution in [0.4, 0.5) is 0 Å². The Labute approximate surface area is 68.3 Å². The van der Waals surface area contributed by atoms with Crippen LogP contribution in [-0.4, -0.2) is 27.8 Å². The summed E-state index contributed by atoms with van der Waals surface area (Å²) in [6.07, 6.45) is -0.789. The van der Waals surface area contributed by atoms with E-state index < -0.39 is 24.0 Å². The summed E-state index contributed by atoms with van der Waals surface area (Å²) in [5.41, 5.74) is -1.91. The molecule has 0 bridgehead atoms. The van der Waals surface area contributed by atoms with Gasteiger partial charge in [0, 0.05) is 6.42 Å². The summed E-state index contributed by atoms with van der Waals surface area (Å²) < 4.78 is 4.10. The van der Waals surface area contributed by atoms with Crippen molar-refractivity contribution >= 4 is 11.9 Å². The topological polar surface area (TPSA) is 83.8 Å². The normalized spacial score (nSPS) is 28.8. The van der Waals surface area contributed by atoms with Crippen LogP contribution < -0.4 is 0 Å². The highest BCUT2D eigenvalue weighted by atomic mass is 16.6. The van der Waals surface area contributed by atoms with Crippen LogP contribution in [0.2, 0.25) is 0 Å². The number of cyclic esters (lactones) is 2. The molecule has 0 saturated carbocycles. The lowest BCUT2D eigenvalue weighted by Crippen LogP contribution is -2.34. The number of esters is 2. The summed E-state index contributed by atoms with van der Waals surface area (Å²) in [6, 6.07) is 0. The SMILES string of the molecule is C=C(O)CC1(O)CC(=O)OC1=O. The van der Waals surface area contributed by atoms with Gasteiger partial charge in [0.15, 0.2) is 5.60 Å². The molecule has 66 valence electrons. The summed E-state index contributed by atoms with van der Waals surface area (Å²) in [5.74, 6) is -2.17. The Kier molecular flexibility index (Phi) is 1.89. The molecule has 0 spiro atoms. The predicted molar refractivity (Wildman–Crippen MR) is 37.1 cm³/mol. The lowest BCUT2D eigenvalue weighted by atomic mass is 9.97. The Morgan fingerprint density at radius 1 is 1.67 bits per heavy atom. The Balaban J connectivity index is 2.77. The van der Waals surface area contributed by atoms with Crippen molar-refractivity contribution in [2.24, 2.45) is 0 Å². The Hall–Kier alpha value is -1.36. The lowest BCUT2D eigenvalue weighted by Gasteiger charge is -2.14. The number of hydrogen-bond donors (Lipinski definition) is 2. The average Bonchev–Trinajstić information content (AvgIpc) is 2.04. The Morgan fingerprint density at radius 2 is 2.25 bits per heavy atom. The van der Waals surface area contributed by atoms with E-state index >= 15 is 0 Å². The van der Waals surface area contributed by atoms with Crippen LogP contribution in [0.1, 0.15) is 12.8 Å². The van der Waals surface area contributed by atoms with Crippen LogP contribution in [0.15, 0.2) is 12.3 Å². The van der Waals surface area contributed by atoms with E-state index in [0.717, 1.165) is 0 Å². The maximum absolute atomic E-state index is 10.8. The van der Waals surface area contributed by atoms with Crippen molar-refractivity contribution in [2.45, 2.75) is 18.4 Å². The minimum absolute atomic E-state index is 0.357. The lowest BCUT2D eigenvalue weighted by molar-refractivity contribution is -0.158. The second-order valence-electron chi connectivity index (χ2n) is 2.71. The third kappa shape index (κ3) is 1.45. The van der Waals surface area contributed by atoms with Gasteiger partial charge < -0.3 is 14.9 Å². The van der Waals surface area contributed by atoms with Gasteiger partial charge >= 0.3 is 11.9 Å². The molecule has 0 amide bonds. The number of aliphatic hydroxyl groups excluding tert-OH is 1. The van der Waals surface area contributed by atoms with E-state index in [0.29, 0.717) is 0 Å². The monoisotopic (exact) mass is 172 g/mol. The fourth-order valence-electron chi connectivity index (χ4n) is 1.02. The molecule has 2 N–H and O–H groups in total. The second-order valence-corrected chi connectivity index (χ2v) is 2.71. The molecular weight excluding hydrogens is 164 g/mol. The molecular formula is C7H8O5. The molecule has 1 aliphatic rings. The van der Waals surface area contributed by atoms with Crippen LogP contribution in [0.3, 0.4) is 0 Å². The van der Waals surface area contributed by atoms with Crippen molar-refractivity contribution in [1.29, 1.82) is 0 Å². The van der Waals surface area contributed by atoms with E-state index in [4.69, 9.17) is 5.11 Å². The zero-order chi connectivity index (χ0) is 9.35. The zero-order valence-corrected chi connectivity index (χ0v) is 6.24. The van der Waals surface area contributed by atoms with E-state index in [1.54, 1.807) is 0 Å². The number of ether oxygens (including phenoxy) is 1. The third-order valence-electron chi connectivity index (χ3n) is 1.52. The van der Waals surface area contributed by atoms with Crippen LogP contribution in [0.25, 0.3) is 0 Å². The van der Waals surface area contributed by atoms with Crippen LogP contribution in [0, 0.1) is 0 Å². The van der Waals surface area contributed by atoms with E-state index in [2.05, 4.69) is 11.3 Å².